The number of unbranched alkanes of at least 4 members (excludes halogenated alkanes) is 1. The zero-order valence-electron chi connectivity index (χ0n) is 22.6. The highest BCUT2D eigenvalue weighted by molar-refractivity contribution is 9.10. The molecule has 2 N–H and O–H groups in total. The minimum Gasteiger partial charge on any atom is -0.307 e. The normalized spacial score (nSPS) is 11.4. The molecule has 4 aromatic rings. The zero-order chi connectivity index (χ0) is 27.4. The largest absolute Gasteiger partial charge is 0.326 e. The van der Waals surface area contributed by atoms with E-state index >= 15 is 0 Å². The van der Waals surface area contributed by atoms with Crippen LogP contribution in [0.4, 0.5) is 16.2 Å². The summed E-state index contributed by atoms with van der Waals surface area (Å²) in [6.07, 6.45) is 3.30. The molecule has 2 aromatic heterocycles. The molecule has 0 saturated heterocycles. The fraction of sp³-hybridized carbons (Fsp3) is 0.323. The van der Waals surface area contributed by atoms with Crippen molar-refractivity contribution in [3.8, 4) is 11.1 Å². The second kappa shape index (κ2) is 11.9. The van der Waals surface area contributed by atoms with Gasteiger partial charge in [0.15, 0.2) is 0 Å². The molecule has 0 aliphatic heterocycles. The highest BCUT2D eigenvalue weighted by Gasteiger charge is 2.24. The molecule has 0 fully saturated rings. The van der Waals surface area contributed by atoms with Gasteiger partial charge < -0.3 is 10.3 Å². The number of fused-ring (bicyclic) bond motifs is 1. The molecule has 0 unspecified atom stereocenters. The summed E-state index contributed by atoms with van der Waals surface area (Å²) >= 11 is 3.59. The molecule has 0 spiro atoms. The minimum absolute atomic E-state index is 0.175. The number of amides is 2. The lowest BCUT2D eigenvalue weighted by atomic mass is 9.88. The number of nitrogens with one attached hydrogen (secondary N) is 2. The molecule has 0 saturated carbocycles. The Bertz CT molecular complexity index is 1480. The van der Waals surface area contributed by atoms with Gasteiger partial charge in [0.05, 0.1) is 0 Å². The lowest BCUT2D eigenvalue weighted by Gasteiger charge is -2.27. The summed E-state index contributed by atoms with van der Waals surface area (Å²) in [5.41, 5.74) is 5.65. The average Bonchev–Trinajstić information content (AvgIpc) is 2.88. The van der Waals surface area contributed by atoms with Crippen LogP contribution in [0.5, 0.6) is 0 Å². The van der Waals surface area contributed by atoms with Crippen LogP contribution in [0.1, 0.15) is 70.4 Å². The first-order chi connectivity index (χ1) is 18.2. The number of hydrogen-bond donors (Lipinski definition) is 2. The Hall–Kier alpha value is -3.45. The van der Waals surface area contributed by atoms with Gasteiger partial charge in [-0.3, -0.25) is 9.69 Å². The number of hydrogen-bond acceptors (Lipinski definition) is 3. The van der Waals surface area contributed by atoms with Crippen LogP contribution in [0.3, 0.4) is 0 Å². The van der Waals surface area contributed by atoms with Crippen LogP contribution in [0, 0.1) is 0 Å². The van der Waals surface area contributed by atoms with Crippen molar-refractivity contribution in [3.05, 3.63) is 86.7 Å². The molecule has 0 radical (unpaired) electrons. The van der Waals surface area contributed by atoms with E-state index in [2.05, 4.69) is 90.1 Å². The Morgan fingerprint density at radius 1 is 1.00 bits per heavy atom. The number of H-pyrrole nitrogens is 1. The van der Waals surface area contributed by atoms with E-state index in [1.54, 1.807) is 17.2 Å². The lowest BCUT2D eigenvalue weighted by molar-refractivity contribution is 0.256. The van der Waals surface area contributed by atoms with Crippen LogP contribution < -0.4 is 15.8 Å². The van der Waals surface area contributed by atoms with Gasteiger partial charge >= 0.3 is 6.03 Å². The first-order valence-electron chi connectivity index (χ1n) is 13.2. The Morgan fingerprint density at radius 2 is 1.71 bits per heavy atom. The van der Waals surface area contributed by atoms with E-state index in [0.29, 0.717) is 17.9 Å². The molecule has 0 aliphatic carbocycles. The van der Waals surface area contributed by atoms with Crippen molar-refractivity contribution in [1.29, 1.82) is 0 Å². The third kappa shape index (κ3) is 5.99. The Balaban J connectivity index is 1.80. The molecule has 0 bridgehead atoms. The number of aromatic nitrogens is 2. The number of carbonyl (C=O) groups is 1. The number of halogens is 1. The first-order valence-corrected chi connectivity index (χ1v) is 14.0. The van der Waals surface area contributed by atoms with Crippen molar-refractivity contribution < 1.29 is 4.79 Å². The SMILES string of the molecule is CCCCN(C(=O)Nc1c(C(C)C)cc(-c2cccc(Br)c2)cc1C(C)C)c1cc2cccnc2[nH]c1=O. The number of benzene rings is 2. The lowest BCUT2D eigenvalue weighted by Crippen LogP contribution is -2.39. The van der Waals surface area contributed by atoms with E-state index in [0.717, 1.165) is 50.6 Å². The minimum atomic E-state index is -0.333. The topological polar surface area (TPSA) is 78.1 Å². The Morgan fingerprint density at radius 3 is 2.34 bits per heavy atom. The predicted molar refractivity (Wildman–Crippen MR) is 161 cm³/mol. The van der Waals surface area contributed by atoms with Gasteiger partial charge in [-0.15, -0.1) is 0 Å². The van der Waals surface area contributed by atoms with E-state index in [1.165, 1.54) is 0 Å². The molecule has 2 amide bonds. The summed E-state index contributed by atoms with van der Waals surface area (Å²) in [6.45, 7) is 11.0. The molecule has 4 rings (SSSR count). The van der Waals surface area contributed by atoms with Crippen molar-refractivity contribution >= 4 is 44.4 Å². The van der Waals surface area contributed by atoms with Gasteiger partial charge in [-0.25, -0.2) is 9.78 Å². The van der Waals surface area contributed by atoms with E-state index in [1.807, 2.05) is 24.3 Å². The predicted octanol–water partition coefficient (Wildman–Crippen LogP) is 8.44. The Kier molecular flexibility index (Phi) is 8.67. The highest BCUT2D eigenvalue weighted by Crippen LogP contribution is 2.38. The number of carbonyl (C=O) groups excluding carboxylic acids is 1. The summed E-state index contributed by atoms with van der Waals surface area (Å²) in [5.74, 6) is 0.350. The van der Waals surface area contributed by atoms with Gasteiger partial charge in [-0.2, -0.15) is 0 Å². The van der Waals surface area contributed by atoms with Gasteiger partial charge in [0.1, 0.15) is 11.3 Å². The summed E-state index contributed by atoms with van der Waals surface area (Å²) in [4.78, 5) is 35.6. The Labute approximate surface area is 232 Å². The van der Waals surface area contributed by atoms with Crippen molar-refractivity contribution in [3.63, 3.8) is 0 Å². The smallest absolute Gasteiger partial charge is 0.307 e. The number of rotatable bonds is 8. The summed E-state index contributed by atoms with van der Waals surface area (Å²) in [6, 6.07) is 17.7. The maximum atomic E-state index is 13.9. The fourth-order valence-electron chi connectivity index (χ4n) is 4.62. The van der Waals surface area contributed by atoms with Crippen LogP contribution in [-0.2, 0) is 0 Å². The van der Waals surface area contributed by atoms with E-state index in [4.69, 9.17) is 0 Å². The van der Waals surface area contributed by atoms with Crippen LogP contribution >= 0.6 is 15.9 Å². The van der Waals surface area contributed by atoms with E-state index in [-0.39, 0.29) is 23.4 Å². The summed E-state index contributed by atoms with van der Waals surface area (Å²) in [5, 5.41) is 4.00. The third-order valence-corrected chi connectivity index (χ3v) is 7.19. The van der Waals surface area contributed by atoms with E-state index < -0.39 is 0 Å². The second-order valence-corrected chi connectivity index (χ2v) is 11.1. The second-order valence-electron chi connectivity index (χ2n) is 10.2. The maximum absolute atomic E-state index is 13.9. The van der Waals surface area contributed by atoms with Crippen molar-refractivity contribution in [2.24, 2.45) is 0 Å². The summed E-state index contributed by atoms with van der Waals surface area (Å²) in [7, 11) is 0. The van der Waals surface area contributed by atoms with E-state index in [9.17, 15) is 9.59 Å². The number of pyridine rings is 2. The first kappa shape index (κ1) is 27.6. The van der Waals surface area contributed by atoms with Crippen LogP contribution in [0.2, 0.25) is 0 Å². The monoisotopic (exact) mass is 574 g/mol. The van der Waals surface area contributed by atoms with Crippen molar-refractivity contribution in [2.45, 2.75) is 59.3 Å². The molecule has 198 valence electrons. The van der Waals surface area contributed by atoms with Gasteiger partial charge in [0, 0.05) is 28.3 Å². The van der Waals surface area contributed by atoms with Gasteiger partial charge in [-0.05, 0) is 83.0 Å². The van der Waals surface area contributed by atoms with Crippen LogP contribution in [0.25, 0.3) is 22.2 Å². The highest BCUT2D eigenvalue weighted by atomic mass is 79.9. The number of aromatic amines is 1. The molecule has 38 heavy (non-hydrogen) atoms. The molecule has 2 aromatic carbocycles. The fourth-order valence-corrected chi connectivity index (χ4v) is 5.02. The van der Waals surface area contributed by atoms with Gasteiger partial charge in [0.2, 0.25) is 0 Å². The van der Waals surface area contributed by atoms with Gasteiger partial charge in [0.25, 0.3) is 5.56 Å². The molecule has 0 aliphatic rings. The maximum Gasteiger partial charge on any atom is 0.326 e. The van der Waals surface area contributed by atoms with Gasteiger partial charge in [-0.1, -0.05) is 69.1 Å². The average molecular weight is 576 g/mol. The molecular formula is C31H35BrN4O2. The number of nitrogens with zero attached hydrogens (tertiary/aromatic N) is 2. The quantitative estimate of drug-likeness (QED) is 0.221. The molecule has 6 nitrogen and oxygen atoms in total. The number of anilines is 2. The molecule has 2 heterocycles. The molecule has 0 atom stereocenters. The van der Waals surface area contributed by atoms with Crippen LogP contribution in [-0.4, -0.2) is 22.5 Å². The number of urea groups is 1. The zero-order valence-corrected chi connectivity index (χ0v) is 24.2. The van der Waals surface area contributed by atoms with Crippen molar-refractivity contribution in [1.82, 2.24) is 9.97 Å². The van der Waals surface area contributed by atoms with Crippen molar-refractivity contribution in [2.75, 3.05) is 16.8 Å². The van der Waals surface area contributed by atoms with Crippen LogP contribution in [0.15, 0.2) is 70.1 Å². The third-order valence-electron chi connectivity index (χ3n) is 6.70. The molecule has 7 heteroatoms. The summed E-state index contributed by atoms with van der Waals surface area (Å²) < 4.78 is 1.02. The molecular weight excluding hydrogens is 540 g/mol. The standard InChI is InChI=1S/C31H35BrN4O2/c1-6-7-14-36(27-18-22-11-9-13-33-29(22)35-30(27)37)31(38)34-28-25(19(2)3)16-23(17-26(28)20(4)5)21-10-8-12-24(32)15-21/h8-13,15-20H,6-7,14H2,1-5H3,(H,34,38)(H,33,35,37).